The molecule has 9 heteroatoms. The van der Waals surface area contributed by atoms with Gasteiger partial charge in [-0.3, -0.25) is 14.4 Å². The molecule has 0 fully saturated rings. The number of amides is 1. The first-order valence-electron chi connectivity index (χ1n) is 10.6. The van der Waals surface area contributed by atoms with E-state index in [-0.39, 0.29) is 17.5 Å². The van der Waals surface area contributed by atoms with E-state index in [0.29, 0.717) is 52.8 Å². The van der Waals surface area contributed by atoms with Gasteiger partial charge < -0.3 is 15.5 Å². The molecule has 2 aromatic rings. The zero-order valence-corrected chi connectivity index (χ0v) is 19.1. The molecule has 1 unspecified atom stereocenters. The lowest BCUT2D eigenvalue weighted by molar-refractivity contribution is -0.116. The minimum absolute atomic E-state index is 0.113. The van der Waals surface area contributed by atoms with E-state index in [1.165, 1.54) is 17.5 Å². The third kappa shape index (κ3) is 5.95. The van der Waals surface area contributed by atoms with E-state index in [9.17, 15) is 14.4 Å². The SMILES string of the molecule is CCNc1ccc(C(=O)C2CCCc3nc(NC(=O)CCCN(C)C)sc3C2=O)cn1. The minimum atomic E-state index is -0.739. The second-order valence-corrected chi connectivity index (χ2v) is 8.88. The number of hydrogen-bond donors (Lipinski definition) is 2. The average Bonchev–Trinajstić information content (AvgIpc) is 3.06. The highest BCUT2D eigenvalue weighted by atomic mass is 32.1. The molecule has 2 heterocycles. The molecule has 2 aromatic heterocycles. The topological polar surface area (TPSA) is 104 Å². The molecule has 0 radical (unpaired) electrons. The van der Waals surface area contributed by atoms with Gasteiger partial charge in [0, 0.05) is 24.7 Å². The summed E-state index contributed by atoms with van der Waals surface area (Å²) in [7, 11) is 3.93. The van der Waals surface area contributed by atoms with Gasteiger partial charge in [-0.05, 0) is 65.4 Å². The van der Waals surface area contributed by atoms with E-state index in [2.05, 4.69) is 20.6 Å². The Kier molecular flexibility index (Phi) is 7.86. The Morgan fingerprint density at radius 1 is 1.29 bits per heavy atom. The van der Waals surface area contributed by atoms with Gasteiger partial charge in [0.2, 0.25) is 5.91 Å². The third-order valence-electron chi connectivity index (χ3n) is 5.12. The third-order valence-corrected chi connectivity index (χ3v) is 6.15. The molecule has 0 saturated carbocycles. The van der Waals surface area contributed by atoms with Gasteiger partial charge in [-0.25, -0.2) is 9.97 Å². The Balaban J connectivity index is 1.69. The number of aryl methyl sites for hydroxylation is 1. The first kappa shape index (κ1) is 23.0. The van der Waals surface area contributed by atoms with Crippen LogP contribution in [-0.4, -0.2) is 59.5 Å². The van der Waals surface area contributed by atoms with Crippen LogP contribution in [-0.2, 0) is 11.2 Å². The molecule has 0 aliphatic heterocycles. The number of pyridine rings is 1. The Labute approximate surface area is 186 Å². The normalized spacial score (nSPS) is 16.0. The lowest BCUT2D eigenvalue weighted by Gasteiger charge is -2.12. The van der Waals surface area contributed by atoms with Crippen molar-refractivity contribution in [2.75, 3.05) is 37.8 Å². The summed E-state index contributed by atoms with van der Waals surface area (Å²) >= 11 is 1.17. The Bertz CT molecular complexity index is 939. The van der Waals surface area contributed by atoms with Crippen molar-refractivity contribution in [1.82, 2.24) is 14.9 Å². The molecule has 0 aromatic carbocycles. The van der Waals surface area contributed by atoms with Crippen LogP contribution in [0.3, 0.4) is 0 Å². The highest BCUT2D eigenvalue weighted by molar-refractivity contribution is 7.17. The number of fused-ring (bicyclic) bond motifs is 1. The summed E-state index contributed by atoms with van der Waals surface area (Å²) in [6, 6.07) is 3.46. The van der Waals surface area contributed by atoms with E-state index in [0.717, 1.165) is 19.5 Å². The van der Waals surface area contributed by atoms with Crippen molar-refractivity contribution < 1.29 is 14.4 Å². The largest absolute Gasteiger partial charge is 0.370 e. The molecule has 1 aliphatic rings. The van der Waals surface area contributed by atoms with Crippen molar-refractivity contribution in [2.45, 2.75) is 39.0 Å². The Morgan fingerprint density at radius 3 is 2.77 bits per heavy atom. The number of carbonyl (C=O) groups is 3. The van der Waals surface area contributed by atoms with Crippen LogP contribution in [0, 0.1) is 5.92 Å². The van der Waals surface area contributed by atoms with Crippen molar-refractivity contribution in [3.63, 3.8) is 0 Å². The van der Waals surface area contributed by atoms with Crippen molar-refractivity contribution in [3.8, 4) is 0 Å². The lowest BCUT2D eigenvalue weighted by atomic mass is 9.91. The minimum Gasteiger partial charge on any atom is -0.370 e. The van der Waals surface area contributed by atoms with Gasteiger partial charge in [0.25, 0.3) is 0 Å². The zero-order valence-electron chi connectivity index (χ0n) is 18.2. The molecule has 166 valence electrons. The summed E-state index contributed by atoms with van der Waals surface area (Å²) in [6.45, 7) is 3.54. The van der Waals surface area contributed by atoms with Crippen LogP contribution < -0.4 is 10.6 Å². The van der Waals surface area contributed by atoms with Crippen LogP contribution in [0.4, 0.5) is 10.9 Å². The smallest absolute Gasteiger partial charge is 0.226 e. The summed E-state index contributed by atoms with van der Waals surface area (Å²) in [6.07, 6.45) is 4.47. The van der Waals surface area contributed by atoms with Crippen molar-refractivity contribution in [2.24, 2.45) is 5.92 Å². The molecule has 3 rings (SSSR count). The maximum atomic E-state index is 13.2. The molecule has 1 atom stereocenters. The highest BCUT2D eigenvalue weighted by Gasteiger charge is 2.34. The molecule has 8 nitrogen and oxygen atoms in total. The summed E-state index contributed by atoms with van der Waals surface area (Å²) in [5, 5.41) is 6.32. The van der Waals surface area contributed by atoms with Crippen LogP contribution in [0.25, 0.3) is 0 Å². The highest BCUT2D eigenvalue weighted by Crippen LogP contribution is 2.33. The van der Waals surface area contributed by atoms with Crippen molar-refractivity contribution in [3.05, 3.63) is 34.5 Å². The van der Waals surface area contributed by atoms with Gasteiger partial charge in [-0.15, -0.1) is 0 Å². The quantitative estimate of drug-likeness (QED) is 0.348. The number of ketones is 2. The number of Topliss-reactive ketones (excluding diaryl/α,β-unsaturated/α-hetero) is 2. The monoisotopic (exact) mass is 443 g/mol. The molecule has 0 spiro atoms. The van der Waals surface area contributed by atoms with E-state index in [1.807, 2.05) is 25.9 Å². The Morgan fingerprint density at radius 2 is 2.10 bits per heavy atom. The Hall–Kier alpha value is -2.65. The number of hydrogen-bond acceptors (Lipinski definition) is 8. The summed E-state index contributed by atoms with van der Waals surface area (Å²) in [5.41, 5.74) is 1.11. The second kappa shape index (κ2) is 10.6. The molecule has 1 aliphatic carbocycles. The molecule has 31 heavy (non-hydrogen) atoms. The maximum absolute atomic E-state index is 13.2. The van der Waals surface area contributed by atoms with Gasteiger partial charge in [0.15, 0.2) is 16.7 Å². The van der Waals surface area contributed by atoms with Gasteiger partial charge in [0.1, 0.15) is 5.82 Å². The second-order valence-electron chi connectivity index (χ2n) is 7.89. The average molecular weight is 444 g/mol. The first-order chi connectivity index (χ1) is 14.9. The molecule has 2 N–H and O–H groups in total. The number of rotatable bonds is 9. The number of aromatic nitrogens is 2. The summed E-state index contributed by atoms with van der Waals surface area (Å²) in [4.78, 5) is 49.6. The summed E-state index contributed by atoms with van der Waals surface area (Å²) in [5.74, 6) is -0.577. The molecular formula is C22H29N5O3S. The zero-order chi connectivity index (χ0) is 22.4. The van der Waals surface area contributed by atoms with Crippen LogP contribution in [0.2, 0.25) is 0 Å². The fourth-order valence-corrected chi connectivity index (χ4v) is 4.57. The predicted octanol–water partition coefficient (Wildman–Crippen LogP) is 3.27. The molecule has 1 amide bonds. The number of anilines is 2. The van der Waals surface area contributed by atoms with E-state index in [1.54, 1.807) is 12.1 Å². The van der Waals surface area contributed by atoms with Crippen LogP contribution in [0.1, 0.15) is 58.3 Å². The lowest BCUT2D eigenvalue weighted by Crippen LogP contribution is -2.23. The molecule has 0 bridgehead atoms. The summed E-state index contributed by atoms with van der Waals surface area (Å²) < 4.78 is 0. The fourth-order valence-electron chi connectivity index (χ4n) is 3.54. The fraction of sp³-hybridized carbons (Fsp3) is 0.500. The van der Waals surface area contributed by atoms with Gasteiger partial charge in [-0.1, -0.05) is 11.3 Å². The van der Waals surface area contributed by atoms with Gasteiger partial charge in [0.05, 0.1) is 16.5 Å². The predicted molar refractivity (Wildman–Crippen MR) is 122 cm³/mol. The van der Waals surface area contributed by atoms with Crippen LogP contribution >= 0.6 is 11.3 Å². The number of carbonyl (C=O) groups excluding carboxylic acids is 3. The number of nitrogens with zero attached hydrogens (tertiary/aromatic N) is 3. The standard InChI is InChI=1S/C22H29N5O3S/c1-4-23-17-11-10-14(13-24-17)19(29)15-7-5-8-16-21(20(15)30)31-22(25-16)26-18(28)9-6-12-27(2)3/h10-11,13,15H,4-9,12H2,1-3H3,(H,23,24)(H,25,26,28). The van der Waals surface area contributed by atoms with Crippen LogP contribution in [0.15, 0.2) is 18.3 Å². The van der Waals surface area contributed by atoms with E-state index in [4.69, 9.17) is 0 Å². The molecular weight excluding hydrogens is 414 g/mol. The maximum Gasteiger partial charge on any atom is 0.226 e. The van der Waals surface area contributed by atoms with E-state index < -0.39 is 5.92 Å². The van der Waals surface area contributed by atoms with Gasteiger partial charge in [-0.2, -0.15) is 0 Å². The van der Waals surface area contributed by atoms with Crippen LogP contribution in [0.5, 0.6) is 0 Å². The first-order valence-corrected chi connectivity index (χ1v) is 11.4. The number of thiazole rings is 1. The number of nitrogens with one attached hydrogen (secondary N) is 2. The van der Waals surface area contributed by atoms with Gasteiger partial charge >= 0.3 is 0 Å². The molecule has 0 saturated heterocycles. The van der Waals surface area contributed by atoms with Crippen molar-refractivity contribution >= 4 is 39.8 Å². The van der Waals surface area contributed by atoms with E-state index >= 15 is 0 Å². The van der Waals surface area contributed by atoms with Crippen molar-refractivity contribution in [1.29, 1.82) is 0 Å².